The van der Waals surface area contributed by atoms with Gasteiger partial charge >= 0.3 is 5.76 Å². The van der Waals surface area contributed by atoms with E-state index in [1.807, 2.05) is 31.9 Å². The molecule has 0 saturated heterocycles. The van der Waals surface area contributed by atoms with Crippen molar-refractivity contribution in [3.05, 3.63) is 28.7 Å². The fourth-order valence-electron chi connectivity index (χ4n) is 1.54. The van der Waals surface area contributed by atoms with Crippen molar-refractivity contribution in [3.8, 4) is 6.07 Å². The molecule has 0 spiro atoms. The van der Waals surface area contributed by atoms with Crippen molar-refractivity contribution in [2.75, 3.05) is 11.9 Å². The smallest absolute Gasteiger partial charge is 0.408 e. The molecule has 17 heavy (non-hydrogen) atoms. The van der Waals surface area contributed by atoms with Gasteiger partial charge in [-0.15, -0.1) is 0 Å². The second-order valence-electron chi connectivity index (χ2n) is 4.42. The van der Waals surface area contributed by atoms with Gasteiger partial charge in [-0.25, -0.2) is 4.79 Å². The predicted octanol–water partition coefficient (Wildman–Crippen LogP) is 1.86. The third kappa shape index (κ3) is 1.89. The van der Waals surface area contributed by atoms with E-state index < -0.39 is 11.3 Å². The number of H-pyrrole nitrogens is 1. The molecule has 1 aromatic heterocycles. The molecule has 2 aromatic rings. The van der Waals surface area contributed by atoms with Gasteiger partial charge in [-0.1, -0.05) is 0 Å². The number of hydrogen-bond donors (Lipinski definition) is 1. The van der Waals surface area contributed by atoms with E-state index in [9.17, 15) is 4.79 Å². The van der Waals surface area contributed by atoms with Crippen molar-refractivity contribution in [1.29, 1.82) is 5.26 Å². The molecule has 0 amide bonds. The minimum absolute atomic E-state index is 0.473. The normalized spacial score (nSPS) is 11.4. The van der Waals surface area contributed by atoms with Gasteiger partial charge in [-0.05, 0) is 26.0 Å². The molecule has 5 nitrogen and oxygen atoms in total. The molecule has 0 radical (unpaired) electrons. The Morgan fingerprint density at radius 1 is 1.47 bits per heavy atom. The fraction of sp³-hybridized carbons (Fsp3) is 0.333. The van der Waals surface area contributed by atoms with E-state index in [4.69, 9.17) is 9.68 Å². The van der Waals surface area contributed by atoms with Crippen LogP contribution in [0.4, 0.5) is 5.69 Å². The number of anilines is 1. The first-order valence-corrected chi connectivity index (χ1v) is 5.22. The average molecular weight is 231 g/mol. The highest BCUT2D eigenvalue weighted by molar-refractivity contribution is 5.77. The van der Waals surface area contributed by atoms with Gasteiger partial charge < -0.3 is 9.32 Å². The largest absolute Gasteiger partial charge is 0.417 e. The zero-order valence-corrected chi connectivity index (χ0v) is 9.94. The number of nitriles is 1. The summed E-state index contributed by atoms with van der Waals surface area (Å²) in [5.74, 6) is -0.473. The second-order valence-corrected chi connectivity index (χ2v) is 4.42. The quantitative estimate of drug-likeness (QED) is 0.856. The van der Waals surface area contributed by atoms with Crippen molar-refractivity contribution in [3.63, 3.8) is 0 Å². The van der Waals surface area contributed by atoms with Gasteiger partial charge in [-0.3, -0.25) is 4.98 Å². The Balaban J connectivity index is 2.50. The van der Waals surface area contributed by atoms with Crippen molar-refractivity contribution in [2.45, 2.75) is 19.4 Å². The first-order valence-electron chi connectivity index (χ1n) is 5.22. The third-order valence-corrected chi connectivity index (χ3v) is 2.90. The lowest BCUT2D eigenvalue weighted by atomic mass is 10.1. The van der Waals surface area contributed by atoms with Crippen LogP contribution in [0.2, 0.25) is 0 Å². The molecule has 0 bridgehead atoms. The second kappa shape index (κ2) is 3.67. The van der Waals surface area contributed by atoms with E-state index in [0.29, 0.717) is 11.1 Å². The van der Waals surface area contributed by atoms with Crippen LogP contribution in [-0.4, -0.2) is 17.6 Å². The Morgan fingerprint density at radius 2 is 2.18 bits per heavy atom. The molecule has 1 N–H and O–H groups in total. The molecule has 2 rings (SSSR count). The van der Waals surface area contributed by atoms with Crippen LogP contribution in [0.5, 0.6) is 0 Å². The molecule has 0 atom stereocenters. The number of aromatic amines is 1. The van der Waals surface area contributed by atoms with E-state index in [-0.39, 0.29) is 0 Å². The molecule has 1 aromatic carbocycles. The number of rotatable bonds is 2. The number of benzene rings is 1. The highest BCUT2D eigenvalue weighted by atomic mass is 16.4. The Morgan fingerprint density at radius 3 is 2.82 bits per heavy atom. The fourth-order valence-corrected chi connectivity index (χ4v) is 1.54. The van der Waals surface area contributed by atoms with Crippen LogP contribution in [0, 0.1) is 11.3 Å². The zero-order valence-electron chi connectivity index (χ0n) is 9.94. The molecule has 0 unspecified atom stereocenters. The minimum atomic E-state index is -0.621. The van der Waals surface area contributed by atoms with Crippen molar-refractivity contribution in [1.82, 2.24) is 4.98 Å². The lowest BCUT2D eigenvalue weighted by Crippen LogP contribution is -2.39. The van der Waals surface area contributed by atoms with Crippen molar-refractivity contribution >= 4 is 16.8 Å². The summed E-state index contributed by atoms with van der Waals surface area (Å²) in [6, 6.07) is 7.56. The molecule has 0 saturated carbocycles. The summed E-state index contributed by atoms with van der Waals surface area (Å²) in [6.45, 7) is 3.65. The molecule has 0 aliphatic rings. The Kier molecular flexibility index (Phi) is 2.43. The Labute approximate surface area is 98.3 Å². The molecule has 0 aliphatic carbocycles. The van der Waals surface area contributed by atoms with Gasteiger partial charge in [0.2, 0.25) is 0 Å². The Bertz CT molecular complexity index is 646. The van der Waals surface area contributed by atoms with Gasteiger partial charge in [0.05, 0.1) is 11.6 Å². The van der Waals surface area contributed by atoms with Crippen LogP contribution in [0.1, 0.15) is 13.8 Å². The molecule has 0 fully saturated rings. The van der Waals surface area contributed by atoms with Crippen LogP contribution in [0.25, 0.3) is 11.1 Å². The van der Waals surface area contributed by atoms with Crippen LogP contribution in [0.15, 0.2) is 27.4 Å². The maximum Gasteiger partial charge on any atom is 0.417 e. The van der Waals surface area contributed by atoms with Crippen LogP contribution in [-0.2, 0) is 0 Å². The predicted molar refractivity (Wildman–Crippen MR) is 64.9 cm³/mol. The van der Waals surface area contributed by atoms with Gasteiger partial charge in [0.15, 0.2) is 5.58 Å². The van der Waals surface area contributed by atoms with Gasteiger partial charge in [0.1, 0.15) is 5.54 Å². The third-order valence-electron chi connectivity index (χ3n) is 2.90. The highest BCUT2D eigenvalue weighted by Crippen LogP contribution is 2.24. The van der Waals surface area contributed by atoms with E-state index >= 15 is 0 Å². The first kappa shape index (κ1) is 11.3. The summed E-state index contributed by atoms with van der Waals surface area (Å²) in [7, 11) is 1.83. The molecular weight excluding hydrogens is 218 g/mol. The average Bonchev–Trinajstić information content (AvgIpc) is 2.66. The Hall–Kier alpha value is -2.22. The maximum absolute atomic E-state index is 11.0. The maximum atomic E-state index is 11.0. The first-order chi connectivity index (χ1) is 7.94. The van der Waals surface area contributed by atoms with Gasteiger partial charge in [-0.2, -0.15) is 5.26 Å². The molecule has 1 heterocycles. The van der Waals surface area contributed by atoms with Crippen LogP contribution >= 0.6 is 0 Å². The lowest BCUT2D eigenvalue weighted by Gasteiger charge is -2.31. The highest BCUT2D eigenvalue weighted by Gasteiger charge is 2.23. The number of oxazole rings is 1. The topological polar surface area (TPSA) is 73.0 Å². The molecule has 0 aliphatic heterocycles. The van der Waals surface area contributed by atoms with E-state index in [2.05, 4.69) is 11.1 Å². The summed E-state index contributed by atoms with van der Waals surface area (Å²) < 4.78 is 4.98. The summed E-state index contributed by atoms with van der Waals surface area (Å²) in [5.41, 5.74) is 1.35. The standard InChI is InChI=1S/C12H13N3O2/c1-12(2,7-13)15(3)8-4-5-9-10(6-8)17-11(16)14-9/h4-6H,1-3H3,(H,14,16). The summed E-state index contributed by atoms with van der Waals surface area (Å²) in [4.78, 5) is 15.4. The summed E-state index contributed by atoms with van der Waals surface area (Å²) in [5, 5.41) is 9.07. The van der Waals surface area contributed by atoms with E-state index in [1.54, 1.807) is 12.1 Å². The minimum Gasteiger partial charge on any atom is -0.408 e. The van der Waals surface area contributed by atoms with Gasteiger partial charge in [0, 0.05) is 18.8 Å². The van der Waals surface area contributed by atoms with Crippen LogP contribution < -0.4 is 10.7 Å². The SMILES string of the molecule is CN(c1ccc2[nH]c(=O)oc2c1)C(C)(C)C#N. The molecule has 5 heteroatoms. The van der Waals surface area contributed by atoms with Crippen LogP contribution in [0.3, 0.4) is 0 Å². The van der Waals surface area contributed by atoms with E-state index in [0.717, 1.165) is 5.69 Å². The van der Waals surface area contributed by atoms with E-state index in [1.165, 1.54) is 0 Å². The number of hydrogen-bond acceptors (Lipinski definition) is 4. The number of nitrogens with one attached hydrogen (secondary N) is 1. The molecular formula is C12H13N3O2. The zero-order chi connectivity index (χ0) is 12.6. The number of aromatic nitrogens is 1. The monoisotopic (exact) mass is 231 g/mol. The lowest BCUT2D eigenvalue weighted by molar-refractivity contribution is 0.554. The number of nitrogens with zero attached hydrogens (tertiary/aromatic N) is 2. The summed E-state index contributed by atoms with van der Waals surface area (Å²) in [6.07, 6.45) is 0. The van der Waals surface area contributed by atoms with Gasteiger partial charge in [0.25, 0.3) is 0 Å². The summed E-state index contributed by atoms with van der Waals surface area (Å²) >= 11 is 0. The van der Waals surface area contributed by atoms with Crippen molar-refractivity contribution < 1.29 is 4.42 Å². The number of fused-ring (bicyclic) bond motifs is 1. The molecule has 88 valence electrons. The van der Waals surface area contributed by atoms with Crippen molar-refractivity contribution in [2.24, 2.45) is 0 Å².